The van der Waals surface area contributed by atoms with Crippen LogP contribution in [0.3, 0.4) is 0 Å². The van der Waals surface area contributed by atoms with E-state index in [1.165, 1.54) is 21.8 Å². The fourth-order valence-electron chi connectivity index (χ4n) is 4.49. The molecule has 5 atom stereocenters. The Morgan fingerprint density at radius 3 is 2.55 bits per heavy atom. The number of aromatic nitrogens is 6. The minimum Gasteiger partial charge on any atom is -0.394 e. The molecule has 10 nitrogen and oxygen atoms in total. The van der Waals surface area contributed by atoms with Crippen molar-refractivity contribution in [2.24, 2.45) is 0 Å². The van der Waals surface area contributed by atoms with Gasteiger partial charge < -0.3 is 19.7 Å². The van der Waals surface area contributed by atoms with Gasteiger partial charge in [0.2, 0.25) is 0 Å². The van der Waals surface area contributed by atoms with Crippen LogP contribution in [0.5, 0.6) is 0 Å². The van der Waals surface area contributed by atoms with E-state index >= 15 is 0 Å². The number of nitrogens with zero attached hydrogens (tertiary/aromatic N) is 6. The highest BCUT2D eigenvalue weighted by molar-refractivity contribution is 6.30. The summed E-state index contributed by atoms with van der Waals surface area (Å²) < 4.78 is 55.8. The van der Waals surface area contributed by atoms with Crippen LogP contribution in [0.2, 0.25) is 5.02 Å². The molecule has 0 amide bonds. The van der Waals surface area contributed by atoms with Gasteiger partial charge in [0.15, 0.2) is 23.7 Å². The molecule has 38 heavy (non-hydrogen) atoms. The van der Waals surface area contributed by atoms with E-state index < -0.39 is 54.6 Å². The van der Waals surface area contributed by atoms with Gasteiger partial charge in [-0.3, -0.25) is 0 Å². The van der Waals surface area contributed by atoms with E-state index in [0.29, 0.717) is 16.3 Å². The maximum Gasteiger partial charge on any atom is 0.194 e. The van der Waals surface area contributed by atoms with E-state index in [4.69, 9.17) is 21.1 Å². The molecule has 2 N–H and O–H groups in total. The monoisotopic (exact) mass is 550 g/mol. The average molecular weight is 551 g/mol. The van der Waals surface area contributed by atoms with Crippen LogP contribution >= 0.6 is 11.6 Å². The first-order valence-electron chi connectivity index (χ1n) is 11.6. The van der Waals surface area contributed by atoms with Crippen LogP contribution in [0.4, 0.5) is 13.2 Å². The second-order valence-electron chi connectivity index (χ2n) is 8.56. The van der Waals surface area contributed by atoms with E-state index in [1.807, 2.05) is 0 Å². The van der Waals surface area contributed by atoms with Gasteiger partial charge in [-0.2, -0.15) is 0 Å². The van der Waals surface area contributed by atoms with Crippen molar-refractivity contribution in [1.82, 2.24) is 30.0 Å². The maximum atomic E-state index is 13.8. The number of aliphatic hydroxyl groups excluding tert-OH is 2. The summed E-state index contributed by atoms with van der Waals surface area (Å²) in [6, 6.07) is 7.60. The van der Waals surface area contributed by atoms with Crippen LogP contribution in [-0.4, -0.2) is 71.7 Å². The third kappa shape index (κ3) is 4.78. The average Bonchev–Trinajstić information content (AvgIpc) is 3.58. The summed E-state index contributed by atoms with van der Waals surface area (Å²) in [5.74, 6) is -4.37. The fourth-order valence-corrected chi connectivity index (χ4v) is 4.68. The minimum atomic E-state index is -1.60. The normalized spacial score (nSPS) is 23.6. The lowest BCUT2D eigenvalue weighted by molar-refractivity contribution is -0.244. The number of hydrogen-bond acceptors (Lipinski definition) is 8. The summed E-state index contributed by atoms with van der Waals surface area (Å²) >= 11 is 6.17. The summed E-state index contributed by atoms with van der Waals surface area (Å²) in [6.45, 7) is 1.40. The third-order valence-corrected chi connectivity index (χ3v) is 6.47. The zero-order valence-electron chi connectivity index (χ0n) is 19.8. The van der Waals surface area contributed by atoms with Crippen LogP contribution < -0.4 is 0 Å². The van der Waals surface area contributed by atoms with E-state index in [2.05, 4.69) is 20.6 Å². The Bertz CT molecular complexity index is 1410. The molecule has 1 fully saturated rings. The summed E-state index contributed by atoms with van der Waals surface area (Å²) in [7, 11) is 0. The van der Waals surface area contributed by atoms with Crippen LogP contribution in [0, 0.1) is 17.5 Å². The predicted octanol–water partition coefficient (Wildman–Crippen LogP) is 3.17. The number of aliphatic hydroxyl groups is 2. The summed E-state index contributed by atoms with van der Waals surface area (Å²) in [6.07, 6.45) is -1.51. The molecular weight excluding hydrogens is 529 g/mol. The second kappa shape index (κ2) is 10.8. The standard InChI is InChI=1S/C24H22ClF3N6O4/c1-2-37-23-21(33-10-17(30-32-33)13-7-15(26)20(28)16(27)8-13)22(36)19(11-35)38-24(23)34-18(9-29-31-34)12-4-3-5-14(25)6-12/h3-10,19,21-24,35-36H,2,11H2,1H3/t19-,21+,22+,23-,24-/m1/s1. The van der Waals surface area contributed by atoms with Crippen molar-refractivity contribution in [2.45, 2.75) is 37.5 Å². The molecule has 1 saturated heterocycles. The molecule has 200 valence electrons. The zero-order valence-corrected chi connectivity index (χ0v) is 20.6. The Balaban J connectivity index is 1.56. The molecule has 14 heteroatoms. The molecule has 0 unspecified atom stereocenters. The molecule has 1 aliphatic rings. The molecule has 0 aliphatic carbocycles. The van der Waals surface area contributed by atoms with Crippen LogP contribution in [-0.2, 0) is 9.47 Å². The summed E-state index contributed by atoms with van der Waals surface area (Å²) in [5, 5.41) is 37.8. The zero-order chi connectivity index (χ0) is 27.0. The van der Waals surface area contributed by atoms with Crippen LogP contribution in [0.1, 0.15) is 19.2 Å². The highest BCUT2D eigenvalue weighted by atomic mass is 35.5. The Labute approximate surface area is 219 Å². The summed E-state index contributed by atoms with van der Waals surface area (Å²) in [4.78, 5) is 0. The van der Waals surface area contributed by atoms with Crippen molar-refractivity contribution >= 4 is 11.6 Å². The molecule has 0 radical (unpaired) electrons. The molecular formula is C24H22ClF3N6O4. The van der Waals surface area contributed by atoms with Gasteiger partial charge in [0.25, 0.3) is 0 Å². The molecule has 1 aliphatic heterocycles. The quantitative estimate of drug-likeness (QED) is 0.337. The van der Waals surface area contributed by atoms with Gasteiger partial charge in [-0.15, -0.1) is 10.2 Å². The van der Waals surface area contributed by atoms with Gasteiger partial charge in [-0.1, -0.05) is 34.2 Å². The van der Waals surface area contributed by atoms with E-state index in [0.717, 1.165) is 12.1 Å². The molecule has 3 heterocycles. The lowest BCUT2D eigenvalue weighted by Crippen LogP contribution is -2.55. The lowest BCUT2D eigenvalue weighted by Gasteiger charge is -2.44. The molecule has 0 spiro atoms. The third-order valence-electron chi connectivity index (χ3n) is 6.23. The number of benzene rings is 2. The Morgan fingerprint density at radius 2 is 1.87 bits per heavy atom. The smallest absolute Gasteiger partial charge is 0.194 e. The number of ether oxygens (including phenoxy) is 2. The second-order valence-corrected chi connectivity index (χ2v) is 9.00. The Morgan fingerprint density at radius 1 is 1.11 bits per heavy atom. The molecule has 2 aromatic heterocycles. The molecule has 0 saturated carbocycles. The Kier molecular flexibility index (Phi) is 7.45. The van der Waals surface area contributed by atoms with Gasteiger partial charge in [0, 0.05) is 22.8 Å². The molecule has 2 aromatic carbocycles. The van der Waals surface area contributed by atoms with Crippen molar-refractivity contribution in [2.75, 3.05) is 13.2 Å². The van der Waals surface area contributed by atoms with E-state index in [-0.39, 0.29) is 17.9 Å². The van der Waals surface area contributed by atoms with Gasteiger partial charge in [0.05, 0.1) is 24.7 Å². The van der Waals surface area contributed by atoms with Gasteiger partial charge in [-0.05, 0) is 31.2 Å². The number of halogens is 4. The number of hydrogen-bond donors (Lipinski definition) is 2. The van der Waals surface area contributed by atoms with E-state index in [1.54, 1.807) is 31.2 Å². The highest BCUT2D eigenvalue weighted by Gasteiger charge is 2.49. The largest absolute Gasteiger partial charge is 0.394 e. The van der Waals surface area contributed by atoms with Crippen LogP contribution in [0.25, 0.3) is 22.5 Å². The minimum absolute atomic E-state index is 0.0224. The first-order chi connectivity index (χ1) is 18.3. The molecule has 4 aromatic rings. The van der Waals surface area contributed by atoms with Crippen molar-refractivity contribution in [3.05, 3.63) is 71.3 Å². The number of rotatable bonds is 7. The van der Waals surface area contributed by atoms with Crippen molar-refractivity contribution < 1.29 is 32.9 Å². The van der Waals surface area contributed by atoms with Crippen LogP contribution in [0.15, 0.2) is 48.8 Å². The Hall–Kier alpha value is -3.36. The first-order valence-corrected chi connectivity index (χ1v) is 12.0. The fraction of sp³-hybridized carbons (Fsp3) is 0.333. The predicted molar refractivity (Wildman–Crippen MR) is 127 cm³/mol. The van der Waals surface area contributed by atoms with Crippen molar-refractivity contribution in [3.8, 4) is 22.5 Å². The molecule has 5 rings (SSSR count). The maximum absolute atomic E-state index is 13.8. The van der Waals surface area contributed by atoms with Crippen molar-refractivity contribution in [1.29, 1.82) is 0 Å². The topological polar surface area (TPSA) is 120 Å². The van der Waals surface area contributed by atoms with E-state index in [9.17, 15) is 23.4 Å². The lowest BCUT2D eigenvalue weighted by atomic mass is 9.95. The first kappa shape index (κ1) is 26.3. The molecule has 0 bridgehead atoms. The van der Waals surface area contributed by atoms with Gasteiger partial charge >= 0.3 is 0 Å². The SMILES string of the molecule is CCO[C@@H]1[C@@H](n2cc(-c3cc(F)c(F)c(F)c3)nn2)[C@@H](O)[C@@H](CO)O[C@H]1n1nncc1-c1cccc(Cl)c1. The highest BCUT2D eigenvalue weighted by Crippen LogP contribution is 2.39. The summed E-state index contributed by atoms with van der Waals surface area (Å²) in [5.41, 5.74) is 1.18. The van der Waals surface area contributed by atoms with Gasteiger partial charge in [-0.25, -0.2) is 22.5 Å². The van der Waals surface area contributed by atoms with Gasteiger partial charge in [0.1, 0.15) is 30.0 Å². The van der Waals surface area contributed by atoms with Crippen molar-refractivity contribution in [3.63, 3.8) is 0 Å².